The van der Waals surface area contributed by atoms with Gasteiger partial charge < -0.3 is 4.74 Å². The highest BCUT2D eigenvalue weighted by molar-refractivity contribution is 5.98. The summed E-state index contributed by atoms with van der Waals surface area (Å²) in [6.07, 6.45) is 0.00345. The average Bonchev–Trinajstić information content (AvgIpc) is 2.47. The van der Waals surface area contributed by atoms with Crippen LogP contribution in [0.5, 0.6) is 5.75 Å². The summed E-state index contributed by atoms with van der Waals surface area (Å²) >= 11 is 0. The molecule has 2 aromatic rings. The molecule has 20 heavy (non-hydrogen) atoms. The van der Waals surface area contributed by atoms with Crippen molar-refractivity contribution >= 4 is 11.5 Å². The summed E-state index contributed by atoms with van der Waals surface area (Å²) in [5.74, 6) is 0.495. The number of carbonyl (C=O) groups is 1. The molecule has 0 atom stereocenters. The zero-order chi connectivity index (χ0) is 14.5. The molecule has 2 aromatic carbocycles. The Balaban J connectivity index is 2.21. The third-order valence-corrected chi connectivity index (χ3v) is 2.95. The average molecular weight is 271 g/mol. The van der Waals surface area contributed by atoms with E-state index in [0.717, 1.165) is 0 Å². The maximum absolute atomic E-state index is 12.1. The second kappa shape index (κ2) is 5.97. The molecule has 2 rings (SSSR count). The summed E-state index contributed by atoms with van der Waals surface area (Å²) in [4.78, 5) is 22.6. The zero-order valence-corrected chi connectivity index (χ0v) is 10.9. The van der Waals surface area contributed by atoms with Gasteiger partial charge in [-0.2, -0.15) is 0 Å². The van der Waals surface area contributed by atoms with Crippen LogP contribution in [-0.4, -0.2) is 17.8 Å². The molecule has 5 heteroatoms. The van der Waals surface area contributed by atoms with E-state index >= 15 is 0 Å². The summed E-state index contributed by atoms with van der Waals surface area (Å²) in [5.41, 5.74) is 0.886. The number of nitro groups is 1. The van der Waals surface area contributed by atoms with Gasteiger partial charge in [0.15, 0.2) is 5.78 Å². The summed E-state index contributed by atoms with van der Waals surface area (Å²) in [6.45, 7) is 0. The zero-order valence-electron chi connectivity index (χ0n) is 10.9. The third kappa shape index (κ3) is 3.00. The van der Waals surface area contributed by atoms with Gasteiger partial charge in [0, 0.05) is 23.6 Å². The highest BCUT2D eigenvalue weighted by Crippen LogP contribution is 2.20. The molecule has 0 heterocycles. The van der Waals surface area contributed by atoms with Crippen molar-refractivity contribution in [3.63, 3.8) is 0 Å². The first kappa shape index (κ1) is 13.7. The Bertz CT molecular complexity index is 635. The minimum Gasteiger partial charge on any atom is -0.497 e. The number of benzene rings is 2. The Morgan fingerprint density at radius 2 is 1.80 bits per heavy atom. The van der Waals surface area contributed by atoms with Gasteiger partial charge in [0.1, 0.15) is 5.75 Å². The Kier molecular flexibility index (Phi) is 4.10. The number of nitrogens with zero attached hydrogens (tertiary/aromatic N) is 1. The van der Waals surface area contributed by atoms with Crippen molar-refractivity contribution in [3.8, 4) is 5.75 Å². The number of para-hydroxylation sites is 1. The lowest BCUT2D eigenvalue weighted by Crippen LogP contribution is -2.05. The maximum Gasteiger partial charge on any atom is 0.273 e. The van der Waals surface area contributed by atoms with Crippen LogP contribution < -0.4 is 4.74 Å². The fourth-order valence-corrected chi connectivity index (χ4v) is 1.89. The van der Waals surface area contributed by atoms with Crippen molar-refractivity contribution in [1.29, 1.82) is 0 Å². The molecule has 0 aromatic heterocycles. The van der Waals surface area contributed by atoms with Gasteiger partial charge in [0.25, 0.3) is 5.69 Å². The largest absolute Gasteiger partial charge is 0.497 e. The second-order valence-electron chi connectivity index (χ2n) is 4.21. The number of hydrogen-bond acceptors (Lipinski definition) is 4. The molecule has 0 spiro atoms. The molecule has 5 nitrogen and oxygen atoms in total. The molecular weight excluding hydrogens is 258 g/mol. The third-order valence-electron chi connectivity index (χ3n) is 2.95. The Morgan fingerprint density at radius 3 is 2.40 bits per heavy atom. The molecule has 0 aliphatic rings. The highest BCUT2D eigenvalue weighted by atomic mass is 16.6. The van der Waals surface area contributed by atoms with Gasteiger partial charge in [-0.3, -0.25) is 14.9 Å². The number of hydrogen-bond donors (Lipinski definition) is 0. The quantitative estimate of drug-likeness (QED) is 0.476. The molecule has 0 unspecified atom stereocenters. The van der Waals surface area contributed by atoms with Gasteiger partial charge in [-0.15, -0.1) is 0 Å². The number of Topliss-reactive ketones (excluding diaryl/α,β-unsaturated/α-hetero) is 1. The van der Waals surface area contributed by atoms with E-state index in [4.69, 9.17) is 4.74 Å². The van der Waals surface area contributed by atoms with Crippen molar-refractivity contribution in [2.45, 2.75) is 6.42 Å². The first-order chi connectivity index (χ1) is 9.61. The van der Waals surface area contributed by atoms with Crippen LogP contribution in [0.15, 0.2) is 48.5 Å². The fourth-order valence-electron chi connectivity index (χ4n) is 1.89. The maximum atomic E-state index is 12.1. The van der Waals surface area contributed by atoms with Crippen LogP contribution in [0.25, 0.3) is 0 Å². The SMILES string of the molecule is COc1ccc(C(=O)Cc2ccccc2[N+](=O)[O-])cc1. The number of ketones is 1. The van der Waals surface area contributed by atoms with Crippen LogP contribution in [-0.2, 0) is 6.42 Å². The Morgan fingerprint density at radius 1 is 1.15 bits per heavy atom. The Labute approximate surface area is 116 Å². The number of rotatable bonds is 5. The fraction of sp³-hybridized carbons (Fsp3) is 0.133. The van der Waals surface area contributed by atoms with Crippen molar-refractivity contribution in [2.24, 2.45) is 0 Å². The number of ether oxygens (including phenoxy) is 1. The van der Waals surface area contributed by atoms with E-state index in [1.54, 1.807) is 49.6 Å². The smallest absolute Gasteiger partial charge is 0.273 e. The molecular formula is C15H13NO4. The lowest BCUT2D eigenvalue weighted by molar-refractivity contribution is -0.385. The summed E-state index contributed by atoms with van der Waals surface area (Å²) in [6, 6.07) is 12.9. The molecule has 0 radical (unpaired) electrons. The molecule has 0 aliphatic heterocycles. The summed E-state index contributed by atoms with van der Waals surface area (Å²) in [7, 11) is 1.55. The van der Waals surface area contributed by atoms with E-state index in [-0.39, 0.29) is 17.9 Å². The molecule has 0 saturated carbocycles. The summed E-state index contributed by atoms with van der Waals surface area (Å²) in [5, 5.41) is 10.9. The van der Waals surface area contributed by atoms with Crippen LogP contribution >= 0.6 is 0 Å². The molecule has 0 fully saturated rings. The molecule has 0 N–H and O–H groups in total. The van der Waals surface area contributed by atoms with Crippen molar-refractivity contribution in [3.05, 3.63) is 69.8 Å². The minimum absolute atomic E-state index is 0.00345. The van der Waals surface area contributed by atoms with E-state index in [1.807, 2.05) is 0 Å². The number of methoxy groups -OCH3 is 1. The van der Waals surface area contributed by atoms with E-state index in [0.29, 0.717) is 16.9 Å². The van der Waals surface area contributed by atoms with Gasteiger partial charge in [0.2, 0.25) is 0 Å². The molecule has 0 aliphatic carbocycles. The standard InChI is InChI=1S/C15H13NO4/c1-20-13-8-6-11(7-9-13)15(17)10-12-4-2-3-5-14(12)16(18)19/h2-9H,10H2,1H3. The van der Waals surface area contributed by atoms with Crippen LogP contribution in [0.2, 0.25) is 0 Å². The lowest BCUT2D eigenvalue weighted by Gasteiger charge is -2.04. The van der Waals surface area contributed by atoms with E-state index in [9.17, 15) is 14.9 Å². The predicted molar refractivity (Wildman–Crippen MR) is 74.1 cm³/mol. The molecule has 0 saturated heterocycles. The topological polar surface area (TPSA) is 69.4 Å². The van der Waals surface area contributed by atoms with Crippen LogP contribution in [0.1, 0.15) is 15.9 Å². The summed E-state index contributed by atoms with van der Waals surface area (Å²) < 4.78 is 5.02. The van der Waals surface area contributed by atoms with Crippen molar-refractivity contribution < 1.29 is 14.5 Å². The van der Waals surface area contributed by atoms with Crippen molar-refractivity contribution in [1.82, 2.24) is 0 Å². The second-order valence-corrected chi connectivity index (χ2v) is 4.21. The molecule has 0 bridgehead atoms. The first-order valence-corrected chi connectivity index (χ1v) is 6.01. The molecule has 0 amide bonds. The van der Waals surface area contributed by atoms with Crippen LogP contribution in [0, 0.1) is 10.1 Å². The lowest BCUT2D eigenvalue weighted by atomic mass is 10.0. The normalized spacial score (nSPS) is 10.1. The predicted octanol–water partition coefficient (Wildman–Crippen LogP) is 3.03. The number of nitro benzene ring substituents is 1. The van der Waals surface area contributed by atoms with Crippen molar-refractivity contribution in [2.75, 3.05) is 7.11 Å². The van der Waals surface area contributed by atoms with Gasteiger partial charge >= 0.3 is 0 Å². The number of carbonyl (C=O) groups excluding carboxylic acids is 1. The van der Waals surface area contributed by atoms with Gasteiger partial charge in [0.05, 0.1) is 12.0 Å². The van der Waals surface area contributed by atoms with Crippen LogP contribution in [0.4, 0.5) is 5.69 Å². The van der Waals surface area contributed by atoms with Gasteiger partial charge in [-0.05, 0) is 24.3 Å². The molecule has 102 valence electrons. The first-order valence-electron chi connectivity index (χ1n) is 6.01. The Hall–Kier alpha value is -2.69. The van der Waals surface area contributed by atoms with Gasteiger partial charge in [-0.25, -0.2) is 0 Å². The minimum atomic E-state index is -0.476. The van der Waals surface area contributed by atoms with E-state index < -0.39 is 4.92 Å². The highest BCUT2D eigenvalue weighted by Gasteiger charge is 2.16. The van der Waals surface area contributed by atoms with E-state index in [1.165, 1.54) is 6.07 Å². The van der Waals surface area contributed by atoms with E-state index in [2.05, 4.69) is 0 Å². The van der Waals surface area contributed by atoms with Crippen LogP contribution in [0.3, 0.4) is 0 Å². The monoisotopic (exact) mass is 271 g/mol. The van der Waals surface area contributed by atoms with Gasteiger partial charge in [-0.1, -0.05) is 18.2 Å².